The van der Waals surface area contributed by atoms with Gasteiger partial charge in [0.1, 0.15) is 0 Å². The van der Waals surface area contributed by atoms with Crippen molar-refractivity contribution >= 4 is 11.6 Å². The van der Waals surface area contributed by atoms with Crippen LogP contribution in [0.25, 0.3) is 0 Å². The van der Waals surface area contributed by atoms with Crippen molar-refractivity contribution in [2.24, 2.45) is 0 Å². The van der Waals surface area contributed by atoms with Crippen molar-refractivity contribution in [3.8, 4) is 0 Å². The lowest BCUT2D eigenvalue weighted by atomic mass is 10.1. The SMILES string of the molecule is CN(Cc1ccc(Cl)nn1)C(C)(C)CO. The lowest BCUT2D eigenvalue weighted by Gasteiger charge is -2.33. The van der Waals surface area contributed by atoms with E-state index in [1.165, 1.54) is 0 Å². The Balaban J connectivity index is 2.66. The van der Waals surface area contributed by atoms with Crippen LogP contribution in [0.15, 0.2) is 12.1 Å². The van der Waals surface area contributed by atoms with E-state index < -0.39 is 0 Å². The lowest BCUT2D eigenvalue weighted by Crippen LogP contribution is -2.43. The summed E-state index contributed by atoms with van der Waals surface area (Å²) in [4.78, 5) is 2.02. The fourth-order valence-electron chi connectivity index (χ4n) is 1.01. The van der Waals surface area contributed by atoms with E-state index in [0.29, 0.717) is 11.7 Å². The summed E-state index contributed by atoms with van der Waals surface area (Å²) in [7, 11) is 1.94. The van der Waals surface area contributed by atoms with Gasteiger partial charge in [-0.1, -0.05) is 11.6 Å². The van der Waals surface area contributed by atoms with Gasteiger partial charge < -0.3 is 5.11 Å². The molecule has 4 nitrogen and oxygen atoms in total. The number of likely N-dealkylation sites (N-methyl/N-ethyl adjacent to an activating group) is 1. The Labute approximate surface area is 94.9 Å². The predicted octanol–water partition coefficient (Wildman–Crippen LogP) is 1.33. The van der Waals surface area contributed by atoms with Crippen LogP contribution < -0.4 is 0 Å². The molecule has 1 rings (SSSR count). The monoisotopic (exact) mass is 229 g/mol. The van der Waals surface area contributed by atoms with Crippen molar-refractivity contribution < 1.29 is 5.11 Å². The summed E-state index contributed by atoms with van der Waals surface area (Å²) in [5, 5.41) is 17.3. The molecule has 1 heterocycles. The van der Waals surface area contributed by atoms with Gasteiger partial charge in [-0.2, -0.15) is 5.10 Å². The molecule has 0 aliphatic carbocycles. The number of aliphatic hydroxyl groups excluding tert-OH is 1. The third-order valence-electron chi connectivity index (χ3n) is 2.51. The van der Waals surface area contributed by atoms with Crippen molar-refractivity contribution in [3.05, 3.63) is 23.0 Å². The molecule has 15 heavy (non-hydrogen) atoms. The van der Waals surface area contributed by atoms with E-state index in [4.69, 9.17) is 11.6 Å². The van der Waals surface area contributed by atoms with Crippen molar-refractivity contribution in [2.45, 2.75) is 25.9 Å². The second-order valence-corrected chi connectivity index (χ2v) is 4.56. The molecule has 0 saturated carbocycles. The first-order chi connectivity index (χ1) is 6.95. The molecule has 0 saturated heterocycles. The van der Waals surface area contributed by atoms with Crippen LogP contribution in [-0.4, -0.2) is 39.4 Å². The average molecular weight is 230 g/mol. The number of nitrogens with zero attached hydrogens (tertiary/aromatic N) is 3. The van der Waals surface area contributed by atoms with Crippen molar-refractivity contribution in [1.82, 2.24) is 15.1 Å². The van der Waals surface area contributed by atoms with Gasteiger partial charge in [-0.15, -0.1) is 5.10 Å². The molecule has 1 aromatic rings. The molecule has 0 atom stereocenters. The second kappa shape index (κ2) is 4.88. The highest BCUT2D eigenvalue weighted by atomic mass is 35.5. The number of rotatable bonds is 4. The fraction of sp³-hybridized carbons (Fsp3) is 0.600. The number of aliphatic hydroxyl groups is 1. The van der Waals surface area contributed by atoms with Crippen molar-refractivity contribution in [1.29, 1.82) is 0 Å². The van der Waals surface area contributed by atoms with Gasteiger partial charge in [0, 0.05) is 12.1 Å². The van der Waals surface area contributed by atoms with E-state index >= 15 is 0 Å². The molecule has 0 amide bonds. The van der Waals surface area contributed by atoms with Crippen LogP contribution in [-0.2, 0) is 6.54 Å². The Bertz CT molecular complexity index is 313. The average Bonchev–Trinajstić information content (AvgIpc) is 2.21. The minimum Gasteiger partial charge on any atom is -0.394 e. The Morgan fingerprint density at radius 2 is 2.07 bits per heavy atom. The summed E-state index contributed by atoms with van der Waals surface area (Å²) in [6.07, 6.45) is 0. The smallest absolute Gasteiger partial charge is 0.151 e. The first kappa shape index (κ1) is 12.4. The molecule has 0 bridgehead atoms. The Morgan fingerprint density at radius 1 is 1.40 bits per heavy atom. The first-order valence-electron chi connectivity index (χ1n) is 4.76. The van der Waals surface area contributed by atoms with E-state index in [1.54, 1.807) is 6.07 Å². The predicted molar refractivity (Wildman–Crippen MR) is 59.7 cm³/mol. The van der Waals surface area contributed by atoms with Gasteiger partial charge in [0.05, 0.1) is 12.3 Å². The normalized spacial score (nSPS) is 12.1. The summed E-state index contributed by atoms with van der Waals surface area (Å²) in [6, 6.07) is 3.54. The van der Waals surface area contributed by atoms with E-state index in [2.05, 4.69) is 10.2 Å². The molecular formula is C10H16ClN3O. The fourth-order valence-corrected chi connectivity index (χ4v) is 1.11. The molecule has 0 aliphatic heterocycles. The molecule has 0 aliphatic rings. The van der Waals surface area contributed by atoms with Gasteiger partial charge in [0.2, 0.25) is 0 Å². The van der Waals surface area contributed by atoms with Crippen LogP contribution in [0, 0.1) is 0 Å². The number of aromatic nitrogens is 2. The summed E-state index contributed by atoms with van der Waals surface area (Å²) < 4.78 is 0. The highest BCUT2D eigenvalue weighted by Crippen LogP contribution is 2.14. The highest BCUT2D eigenvalue weighted by molar-refractivity contribution is 6.29. The number of halogens is 1. The molecule has 1 N–H and O–H groups in total. The topological polar surface area (TPSA) is 49.2 Å². The Hall–Kier alpha value is -0.710. The molecule has 84 valence electrons. The molecule has 0 aromatic carbocycles. The summed E-state index contributed by atoms with van der Waals surface area (Å²) in [5.74, 6) is 0. The molecule has 5 heteroatoms. The number of hydrogen-bond donors (Lipinski definition) is 1. The largest absolute Gasteiger partial charge is 0.394 e. The maximum atomic E-state index is 9.19. The molecule has 0 fully saturated rings. The van der Waals surface area contributed by atoms with E-state index in [1.807, 2.05) is 31.9 Å². The molecule has 0 unspecified atom stereocenters. The van der Waals surface area contributed by atoms with Crippen molar-refractivity contribution in [3.63, 3.8) is 0 Å². The summed E-state index contributed by atoms with van der Waals surface area (Å²) in [5.41, 5.74) is 0.574. The quantitative estimate of drug-likeness (QED) is 0.847. The van der Waals surface area contributed by atoms with Gasteiger partial charge in [-0.05, 0) is 33.0 Å². The third kappa shape index (κ3) is 3.41. The van der Waals surface area contributed by atoms with Crippen LogP contribution in [0.3, 0.4) is 0 Å². The van der Waals surface area contributed by atoms with Crippen LogP contribution in [0.1, 0.15) is 19.5 Å². The Morgan fingerprint density at radius 3 is 2.53 bits per heavy atom. The van der Waals surface area contributed by atoms with Crippen LogP contribution in [0.4, 0.5) is 0 Å². The van der Waals surface area contributed by atoms with E-state index in [0.717, 1.165) is 5.69 Å². The molecule has 1 aromatic heterocycles. The zero-order valence-corrected chi connectivity index (χ0v) is 9.99. The van der Waals surface area contributed by atoms with Gasteiger partial charge in [0.15, 0.2) is 5.15 Å². The second-order valence-electron chi connectivity index (χ2n) is 4.17. The van der Waals surface area contributed by atoms with Crippen molar-refractivity contribution in [2.75, 3.05) is 13.7 Å². The zero-order valence-electron chi connectivity index (χ0n) is 9.24. The van der Waals surface area contributed by atoms with Crippen LogP contribution in [0.5, 0.6) is 0 Å². The van der Waals surface area contributed by atoms with E-state index in [-0.39, 0.29) is 12.1 Å². The van der Waals surface area contributed by atoms with Gasteiger partial charge in [-0.25, -0.2) is 0 Å². The molecule has 0 radical (unpaired) electrons. The summed E-state index contributed by atoms with van der Waals surface area (Å²) in [6.45, 7) is 4.68. The van der Waals surface area contributed by atoms with E-state index in [9.17, 15) is 5.11 Å². The highest BCUT2D eigenvalue weighted by Gasteiger charge is 2.22. The summed E-state index contributed by atoms with van der Waals surface area (Å²) >= 11 is 5.64. The maximum Gasteiger partial charge on any atom is 0.151 e. The number of hydrogen-bond acceptors (Lipinski definition) is 4. The first-order valence-corrected chi connectivity index (χ1v) is 5.14. The van der Waals surface area contributed by atoms with Crippen LogP contribution >= 0.6 is 11.6 Å². The van der Waals surface area contributed by atoms with Gasteiger partial charge in [0.25, 0.3) is 0 Å². The Kier molecular flexibility index (Phi) is 4.02. The van der Waals surface area contributed by atoms with Crippen LogP contribution in [0.2, 0.25) is 5.15 Å². The van der Waals surface area contributed by atoms with Gasteiger partial charge >= 0.3 is 0 Å². The minimum atomic E-state index is -0.263. The van der Waals surface area contributed by atoms with Gasteiger partial charge in [-0.3, -0.25) is 4.90 Å². The maximum absolute atomic E-state index is 9.19. The standard InChI is InChI=1S/C10H16ClN3O/c1-10(2,7-15)14(3)6-8-4-5-9(11)13-12-8/h4-5,15H,6-7H2,1-3H3. The minimum absolute atomic E-state index is 0.102. The zero-order chi connectivity index (χ0) is 11.5. The molecular weight excluding hydrogens is 214 g/mol. The third-order valence-corrected chi connectivity index (χ3v) is 2.71. The molecule has 0 spiro atoms. The lowest BCUT2D eigenvalue weighted by molar-refractivity contribution is 0.0722.